The summed E-state index contributed by atoms with van der Waals surface area (Å²) in [5.74, 6) is -0.00103. The van der Waals surface area contributed by atoms with Gasteiger partial charge in [0.05, 0.1) is 5.56 Å². The van der Waals surface area contributed by atoms with Crippen molar-refractivity contribution in [3.63, 3.8) is 0 Å². The Morgan fingerprint density at radius 3 is 2.58 bits per heavy atom. The van der Waals surface area contributed by atoms with E-state index in [1.807, 2.05) is 6.92 Å². The van der Waals surface area contributed by atoms with E-state index in [9.17, 15) is 18.0 Å². The highest BCUT2D eigenvalue weighted by Gasteiger charge is 2.34. The summed E-state index contributed by atoms with van der Waals surface area (Å²) in [4.78, 5) is 11.9. The number of hydrogen-bond acceptors (Lipinski definition) is 1. The number of halogens is 4. The van der Waals surface area contributed by atoms with Gasteiger partial charge in [-0.15, -0.1) is 0 Å². The molecule has 1 aromatic rings. The molecule has 0 bridgehead atoms. The number of benzene rings is 1. The molecule has 0 aliphatic heterocycles. The molecule has 1 atom stereocenters. The first-order valence-corrected chi connectivity index (χ1v) is 6.76. The Morgan fingerprint density at radius 1 is 1.42 bits per heavy atom. The Labute approximate surface area is 117 Å². The lowest BCUT2D eigenvalue weighted by Gasteiger charge is -2.14. The third kappa shape index (κ3) is 3.49. The molecular weight excluding hydrogens is 323 g/mol. The molecule has 1 aliphatic carbocycles. The van der Waals surface area contributed by atoms with Gasteiger partial charge in [-0.05, 0) is 43.9 Å². The van der Waals surface area contributed by atoms with Gasteiger partial charge in [0.25, 0.3) is 5.91 Å². The number of hydrogen-bond donors (Lipinski definition) is 1. The van der Waals surface area contributed by atoms with Crippen LogP contribution in [0.4, 0.5) is 13.2 Å². The maximum Gasteiger partial charge on any atom is 0.417 e. The van der Waals surface area contributed by atoms with Crippen LogP contribution in [-0.4, -0.2) is 11.9 Å². The molecule has 1 N–H and O–H groups in total. The van der Waals surface area contributed by atoms with Crippen LogP contribution in [0, 0.1) is 5.92 Å². The van der Waals surface area contributed by atoms with E-state index in [0.29, 0.717) is 5.92 Å². The molecule has 0 spiro atoms. The summed E-state index contributed by atoms with van der Waals surface area (Å²) in [7, 11) is 0. The molecular formula is C13H13BrF3NO. The molecule has 0 radical (unpaired) electrons. The Hall–Kier alpha value is -1.04. The second-order valence-electron chi connectivity index (χ2n) is 4.79. The first-order valence-electron chi connectivity index (χ1n) is 5.96. The molecule has 1 aromatic carbocycles. The lowest BCUT2D eigenvalue weighted by atomic mass is 10.1. The summed E-state index contributed by atoms with van der Waals surface area (Å²) in [5.41, 5.74) is -0.803. The molecule has 104 valence electrons. The summed E-state index contributed by atoms with van der Waals surface area (Å²) in [6.45, 7) is 1.87. The normalized spacial score (nSPS) is 17.1. The third-order valence-electron chi connectivity index (χ3n) is 3.22. The summed E-state index contributed by atoms with van der Waals surface area (Å²) in [6.07, 6.45) is -2.34. The van der Waals surface area contributed by atoms with Crippen molar-refractivity contribution in [1.29, 1.82) is 0 Å². The SMILES string of the molecule is CC(NC(=O)c1ccc(Br)c(C(F)(F)F)c1)C1CC1. The molecule has 0 aromatic heterocycles. The molecule has 1 aliphatic rings. The molecule has 6 heteroatoms. The van der Waals surface area contributed by atoms with Crippen LogP contribution in [0.2, 0.25) is 0 Å². The van der Waals surface area contributed by atoms with Gasteiger partial charge in [0.15, 0.2) is 0 Å². The monoisotopic (exact) mass is 335 g/mol. The lowest BCUT2D eigenvalue weighted by molar-refractivity contribution is -0.138. The van der Waals surface area contributed by atoms with E-state index < -0.39 is 17.6 Å². The molecule has 19 heavy (non-hydrogen) atoms. The number of alkyl halides is 3. The summed E-state index contributed by atoms with van der Waals surface area (Å²) >= 11 is 2.85. The number of carbonyl (C=O) groups is 1. The maximum atomic E-state index is 12.7. The Bertz CT molecular complexity index is 497. The molecule has 2 nitrogen and oxygen atoms in total. The molecule has 0 heterocycles. The van der Waals surface area contributed by atoms with E-state index in [1.54, 1.807) is 0 Å². The molecule has 2 rings (SSSR count). The highest BCUT2D eigenvalue weighted by Crippen LogP contribution is 2.35. The van der Waals surface area contributed by atoms with E-state index >= 15 is 0 Å². The number of nitrogens with one attached hydrogen (secondary N) is 1. The van der Waals surface area contributed by atoms with Crippen molar-refractivity contribution in [2.45, 2.75) is 32.0 Å². The smallest absolute Gasteiger partial charge is 0.349 e. The van der Waals surface area contributed by atoms with Crippen LogP contribution >= 0.6 is 15.9 Å². The second kappa shape index (κ2) is 5.15. The maximum absolute atomic E-state index is 12.7. The van der Waals surface area contributed by atoms with Crippen LogP contribution in [0.15, 0.2) is 22.7 Å². The summed E-state index contributed by atoms with van der Waals surface area (Å²) in [5, 5.41) is 2.73. The number of amides is 1. The van der Waals surface area contributed by atoms with Crippen molar-refractivity contribution in [2.75, 3.05) is 0 Å². The average Bonchev–Trinajstić information content (AvgIpc) is 3.11. The van der Waals surface area contributed by atoms with Crippen LogP contribution in [-0.2, 0) is 6.18 Å². The highest BCUT2D eigenvalue weighted by atomic mass is 79.9. The first kappa shape index (κ1) is 14.4. The van der Waals surface area contributed by atoms with Crippen LogP contribution in [0.5, 0.6) is 0 Å². The first-order chi connectivity index (χ1) is 8.79. The molecule has 1 unspecified atom stereocenters. The number of carbonyl (C=O) groups excluding carboxylic acids is 1. The fraction of sp³-hybridized carbons (Fsp3) is 0.462. The lowest BCUT2D eigenvalue weighted by Crippen LogP contribution is -2.34. The van der Waals surface area contributed by atoms with E-state index in [4.69, 9.17) is 0 Å². The average molecular weight is 336 g/mol. The van der Waals surface area contributed by atoms with Crippen molar-refractivity contribution in [2.24, 2.45) is 5.92 Å². The zero-order valence-electron chi connectivity index (χ0n) is 10.2. The Kier molecular flexibility index (Phi) is 3.90. The van der Waals surface area contributed by atoms with E-state index in [0.717, 1.165) is 18.9 Å². The van der Waals surface area contributed by atoms with Gasteiger partial charge in [-0.25, -0.2) is 0 Å². The second-order valence-corrected chi connectivity index (χ2v) is 5.65. The predicted molar refractivity (Wildman–Crippen MR) is 68.8 cm³/mol. The minimum Gasteiger partial charge on any atom is -0.349 e. The van der Waals surface area contributed by atoms with Crippen molar-refractivity contribution < 1.29 is 18.0 Å². The number of rotatable bonds is 3. The van der Waals surface area contributed by atoms with E-state index in [1.165, 1.54) is 12.1 Å². The fourth-order valence-electron chi connectivity index (χ4n) is 1.89. The Morgan fingerprint density at radius 2 is 2.05 bits per heavy atom. The van der Waals surface area contributed by atoms with Crippen molar-refractivity contribution in [3.8, 4) is 0 Å². The fourth-order valence-corrected chi connectivity index (χ4v) is 2.36. The van der Waals surface area contributed by atoms with Gasteiger partial charge in [0.2, 0.25) is 0 Å². The summed E-state index contributed by atoms with van der Waals surface area (Å²) < 4.78 is 38.1. The molecule has 0 saturated heterocycles. The molecule has 1 amide bonds. The topological polar surface area (TPSA) is 29.1 Å². The van der Waals surface area contributed by atoms with Crippen LogP contribution in [0.1, 0.15) is 35.7 Å². The van der Waals surface area contributed by atoms with E-state index in [2.05, 4.69) is 21.2 Å². The zero-order valence-corrected chi connectivity index (χ0v) is 11.8. The Balaban J connectivity index is 2.18. The van der Waals surface area contributed by atoms with E-state index in [-0.39, 0.29) is 16.1 Å². The summed E-state index contributed by atoms with van der Waals surface area (Å²) in [6, 6.07) is 3.51. The van der Waals surface area contributed by atoms with Gasteiger partial charge in [0, 0.05) is 16.1 Å². The van der Waals surface area contributed by atoms with Crippen LogP contribution < -0.4 is 5.32 Å². The van der Waals surface area contributed by atoms with Gasteiger partial charge in [-0.1, -0.05) is 15.9 Å². The van der Waals surface area contributed by atoms with Crippen molar-refractivity contribution in [1.82, 2.24) is 5.32 Å². The molecule has 1 saturated carbocycles. The van der Waals surface area contributed by atoms with Gasteiger partial charge in [-0.3, -0.25) is 4.79 Å². The minimum absolute atomic E-state index is 0.00508. The van der Waals surface area contributed by atoms with Gasteiger partial charge in [-0.2, -0.15) is 13.2 Å². The van der Waals surface area contributed by atoms with Crippen LogP contribution in [0.3, 0.4) is 0 Å². The van der Waals surface area contributed by atoms with Gasteiger partial charge in [0.1, 0.15) is 0 Å². The highest BCUT2D eigenvalue weighted by molar-refractivity contribution is 9.10. The zero-order chi connectivity index (χ0) is 14.2. The van der Waals surface area contributed by atoms with Crippen LogP contribution in [0.25, 0.3) is 0 Å². The quantitative estimate of drug-likeness (QED) is 0.888. The predicted octanol–water partition coefficient (Wildman–Crippen LogP) is 4.00. The van der Waals surface area contributed by atoms with Gasteiger partial charge < -0.3 is 5.32 Å². The third-order valence-corrected chi connectivity index (χ3v) is 3.91. The largest absolute Gasteiger partial charge is 0.417 e. The standard InChI is InChI=1S/C13H13BrF3NO/c1-7(8-2-3-8)18-12(19)9-4-5-11(14)10(6-9)13(15,16)17/h4-8H,2-3H2,1H3,(H,18,19). The minimum atomic E-state index is -4.47. The molecule has 1 fully saturated rings. The van der Waals surface area contributed by atoms with Crippen molar-refractivity contribution in [3.05, 3.63) is 33.8 Å². The van der Waals surface area contributed by atoms with Crippen molar-refractivity contribution >= 4 is 21.8 Å². The van der Waals surface area contributed by atoms with Gasteiger partial charge >= 0.3 is 6.18 Å².